The van der Waals surface area contributed by atoms with Crippen LogP contribution in [0.2, 0.25) is 0 Å². The van der Waals surface area contributed by atoms with E-state index < -0.39 is 5.60 Å². The lowest BCUT2D eigenvalue weighted by Gasteiger charge is -2.25. The van der Waals surface area contributed by atoms with Crippen molar-refractivity contribution in [2.45, 2.75) is 71.7 Å². The minimum atomic E-state index is -0.536. The molecule has 0 aliphatic heterocycles. The van der Waals surface area contributed by atoms with E-state index >= 15 is 4.39 Å². The standard InChI is InChI=1S/C30H30FOS/c31-28-23-27(33(25-13-3-1-4-14-25)26-15-5-2-6-16-26)17-18-29(28)32-30(20-9-10-21-30)22-19-24-11-7-8-12-24/h1-6,13-18,23-24H,7-12,20-21H2/q+1. The third-order valence-electron chi connectivity index (χ3n) is 6.67. The van der Waals surface area contributed by atoms with Gasteiger partial charge in [-0.05, 0) is 74.9 Å². The summed E-state index contributed by atoms with van der Waals surface area (Å²) < 4.78 is 21.8. The fourth-order valence-corrected chi connectivity index (χ4v) is 7.03. The molecule has 0 spiro atoms. The maximum atomic E-state index is 15.4. The topological polar surface area (TPSA) is 9.23 Å². The average molecular weight is 458 g/mol. The highest BCUT2D eigenvalue weighted by Gasteiger charge is 2.36. The molecule has 0 unspecified atom stereocenters. The molecule has 1 nitrogen and oxygen atoms in total. The van der Waals surface area contributed by atoms with Crippen molar-refractivity contribution in [2.24, 2.45) is 5.92 Å². The first-order valence-electron chi connectivity index (χ1n) is 12.1. The normalized spacial score (nSPS) is 17.6. The Bertz CT molecular complexity index is 1080. The molecular weight excluding hydrogens is 427 g/mol. The monoisotopic (exact) mass is 457 g/mol. The molecule has 33 heavy (non-hydrogen) atoms. The van der Waals surface area contributed by atoms with Gasteiger partial charge in [-0.25, -0.2) is 4.39 Å². The fourth-order valence-electron chi connectivity index (χ4n) is 4.93. The Balaban J connectivity index is 1.44. The molecule has 0 bridgehead atoms. The van der Waals surface area contributed by atoms with Gasteiger partial charge in [0.1, 0.15) is 0 Å². The molecular formula is C30H30FOS+. The van der Waals surface area contributed by atoms with Crippen molar-refractivity contribution in [3.05, 3.63) is 84.7 Å². The lowest BCUT2D eigenvalue weighted by Crippen LogP contribution is -2.31. The number of rotatable bonds is 5. The van der Waals surface area contributed by atoms with Crippen LogP contribution in [0.25, 0.3) is 0 Å². The first-order chi connectivity index (χ1) is 16.2. The van der Waals surface area contributed by atoms with E-state index in [1.54, 1.807) is 6.07 Å². The van der Waals surface area contributed by atoms with Gasteiger partial charge in [0.05, 0.1) is 10.9 Å². The predicted octanol–water partition coefficient (Wildman–Crippen LogP) is 7.81. The minimum Gasteiger partial charge on any atom is -0.472 e. The molecule has 3 aromatic carbocycles. The number of benzene rings is 3. The Labute approximate surface area is 199 Å². The molecule has 2 aliphatic rings. The third-order valence-corrected chi connectivity index (χ3v) is 8.89. The van der Waals surface area contributed by atoms with Crippen molar-refractivity contribution in [1.29, 1.82) is 0 Å². The zero-order valence-electron chi connectivity index (χ0n) is 18.9. The van der Waals surface area contributed by atoms with E-state index in [9.17, 15) is 0 Å². The van der Waals surface area contributed by atoms with Crippen molar-refractivity contribution >= 4 is 10.9 Å². The van der Waals surface area contributed by atoms with Crippen LogP contribution in [0.1, 0.15) is 51.4 Å². The fraction of sp³-hybridized carbons (Fsp3) is 0.333. The van der Waals surface area contributed by atoms with Gasteiger partial charge in [-0.1, -0.05) is 61.1 Å². The zero-order chi connectivity index (χ0) is 22.5. The molecule has 2 fully saturated rings. The van der Waals surface area contributed by atoms with Gasteiger partial charge in [0.25, 0.3) is 0 Å². The smallest absolute Gasteiger partial charge is 0.170 e. The van der Waals surface area contributed by atoms with Crippen molar-refractivity contribution in [2.75, 3.05) is 0 Å². The molecule has 2 aliphatic carbocycles. The van der Waals surface area contributed by atoms with Gasteiger partial charge in [-0.2, -0.15) is 0 Å². The number of halogens is 1. The second kappa shape index (κ2) is 10.1. The van der Waals surface area contributed by atoms with Crippen LogP contribution in [0.3, 0.4) is 0 Å². The molecule has 3 aromatic rings. The van der Waals surface area contributed by atoms with Crippen LogP contribution < -0.4 is 4.74 Å². The molecule has 0 amide bonds. The van der Waals surface area contributed by atoms with Crippen molar-refractivity contribution in [3.8, 4) is 17.6 Å². The predicted molar refractivity (Wildman–Crippen MR) is 133 cm³/mol. The van der Waals surface area contributed by atoms with Crippen LogP contribution in [0, 0.1) is 23.6 Å². The molecule has 0 heterocycles. The van der Waals surface area contributed by atoms with Crippen LogP contribution in [-0.2, 0) is 10.9 Å². The first-order valence-corrected chi connectivity index (χ1v) is 13.3. The zero-order valence-corrected chi connectivity index (χ0v) is 19.8. The molecule has 0 radical (unpaired) electrons. The number of hydrogen-bond donors (Lipinski definition) is 0. The van der Waals surface area contributed by atoms with Crippen LogP contribution >= 0.6 is 0 Å². The van der Waals surface area contributed by atoms with Crippen LogP contribution in [0.5, 0.6) is 5.75 Å². The van der Waals surface area contributed by atoms with E-state index in [0.717, 1.165) is 30.6 Å². The molecule has 3 heteroatoms. The second-order valence-electron chi connectivity index (χ2n) is 9.08. The molecule has 0 atom stereocenters. The summed E-state index contributed by atoms with van der Waals surface area (Å²) in [5.74, 6) is 7.45. The Morgan fingerprint density at radius 1 is 0.758 bits per heavy atom. The molecule has 0 N–H and O–H groups in total. The Hall–Kier alpha value is -2.70. The Kier molecular flexibility index (Phi) is 6.74. The van der Waals surface area contributed by atoms with Gasteiger partial charge in [-0.3, -0.25) is 0 Å². The number of ether oxygens (including phenoxy) is 1. The van der Waals surface area contributed by atoms with Crippen LogP contribution in [0.4, 0.5) is 4.39 Å². The van der Waals surface area contributed by atoms with E-state index in [4.69, 9.17) is 4.74 Å². The van der Waals surface area contributed by atoms with Crippen molar-refractivity contribution in [1.82, 2.24) is 0 Å². The van der Waals surface area contributed by atoms with E-state index in [-0.39, 0.29) is 16.7 Å². The van der Waals surface area contributed by atoms with E-state index in [2.05, 4.69) is 36.1 Å². The van der Waals surface area contributed by atoms with Gasteiger partial charge in [0, 0.05) is 12.0 Å². The van der Waals surface area contributed by atoms with Gasteiger partial charge in [0.2, 0.25) is 0 Å². The summed E-state index contributed by atoms with van der Waals surface area (Å²) in [6.45, 7) is 0. The van der Waals surface area contributed by atoms with E-state index in [0.29, 0.717) is 11.7 Å². The summed E-state index contributed by atoms with van der Waals surface area (Å²) in [6.07, 6.45) is 8.86. The van der Waals surface area contributed by atoms with Gasteiger partial charge in [0.15, 0.2) is 31.9 Å². The Morgan fingerprint density at radius 3 is 1.94 bits per heavy atom. The van der Waals surface area contributed by atoms with Crippen LogP contribution in [0.15, 0.2) is 93.5 Å². The van der Waals surface area contributed by atoms with E-state index in [1.807, 2.05) is 48.5 Å². The average Bonchev–Trinajstić information content (AvgIpc) is 3.54. The SMILES string of the molecule is Fc1cc([S+](c2ccccc2)c2ccccc2)ccc1OC1(C#CC2CCCC2)CCCC1. The summed E-state index contributed by atoms with van der Waals surface area (Å²) in [7, 11) is -0.376. The largest absolute Gasteiger partial charge is 0.472 e. The molecule has 168 valence electrons. The van der Waals surface area contributed by atoms with Gasteiger partial charge < -0.3 is 4.74 Å². The third kappa shape index (κ3) is 5.12. The summed E-state index contributed by atoms with van der Waals surface area (Å²) in [4.78, 5) is 3.30. The highest BCUT2D eigenvalue weighted by Crippen LogP contribution is 2.38. The van der Waals surface area contributed by atoms with E-state index in [1.165, 1.54) is 35.5 Å². The lowest BCUT2D eigenvalue weighted by molar-refractivity contribution is 0.131. The maximum Gasteiger partial charge on any atom is 0.170 e. The maximum absolute atomic E-state index is 15.4. The van der Waals surface area contributed by atoms with Crippen molar-refractivity contribution in [3.63, 3.8) is 0 Å². The highest BCUT2D eigenvalue weighted by molar-refractivity contribution is 7.97. The van der Waals surface area contributed by atoms with Crippen LogP contribution in [-0.4, -0.2) is 5.60 Å². The summed E-state index contributed by atoms with van der Waals surface area (Å²) in [5, 5.41) is 0. The molecule has 2 saturated carbocycles. The summed E-state index contributed by atoms with van der Waals surface area (Å²) >= 11 is 0. The second-order valence-corrected chi connectivity index (χ2v) is 11.1. The first kappa shape index (κ1) is 22.1. The van der Waals surface area contributed by atoms with Gasteiger partial charge in [-0.15, -0.1) is 0 Å². The van der Waals surface area contributed by atoms with Gasteiger partial charge >= 0.3 is 0 Å². The molecule has 0 aromatic heterocycles. The highest BCUT2D eigenvalue weighted by atomic mass is 32.2. The summed E-state index contributed by atoms with van der Waals surface area (Å²) in [6, 6.07) is 26.1. The van der Waals surface area contributed by atoms with Crippen molar-refractivity contribution < 1.29 is 9.13 Å². The Morgan fingerprint density at radius 2 is 1.36 bits per heavy atom. The number of hydrogen-bond acceptors (Lipinski definition) is 1. The molecule has 0 saturated heterocycles. The quantitative estimate of drug-likeness (QED) is 0.280. The molecule has 5 rings (SSSR count). The summed E-state index contributed by atoms with van der Waals surface area (Å²) in [5.41, 5.74) is -0.536. The minimum absolute atomic E-state index is 0.300. The lowest BCUT2D eigenvalue weighted by atomic mass is 10.00.